The Morgan fingerprint density at radius 3 is 2.40 bits per heavy atom. The number of oxime groups is 1. The van der Waals surface area contributed by atoms with Crippen LogP contribution in [0.15, 0.2) is 83.0 Å². The third-order valence-corrected chi connectivity index (χ3v) is 11.6. The molecule has 0 aliphatic carbocycles. The van der Waals surface area contributed by atoms with Gasteiger partial charge in [-0.1, -0.05) is 81.7 Å². The number of benzene rings is 2. The molecule has 1 fully saturated rings. The molecule has 1 saturated heterocycles. The number of carbonyl (C=O) groups is 2. The summed E-state index contributed by atoms with van der Waals surface area (Å²) >= 11 is 0. The highest BCUT2D eigenvalue weighted by Gasteiger charge is 2.41. The highest BCUT2D eigenvalue weighted by Crippen LogP contribution is 2.25. The van der Waals surface area contributed by atoms with Gasteiger partial charge in [-0.25, -0.2) is 23.2 Å². The second-order valence-electron chi connectivity index (χ2n) is 14.1. The van der Waals surface area contributed by atoms with Gasteiger partial charge in [0.25, 0.3) is 0 Å². The lowest BCUT2D eigenvalue weighted by Gasteiger charge is -2.35. The zero-order chi connectivity index (χ0) is 38.3. The first-order valence-electron chi connectivity index (χ1n) is 18.0. The first kappa shape index (κ1) is 39.3. The van der Waals surface area contributed by atoms with Crippen LogP contribution in [0, 0.1) is 11.8 Å². The van der Waals surface area contributed by atoms with E-state index in [-0.39, 0.29) is 48.8 Å². The molecule has 0 spiro atoms. The molecule has 3 amide bonds. The van der Waals surface area contributed by atoms with E-state index in [0.717, 1.165) is 16.7 Å². The Kier molecular flexibility index (Phi) is 12.9. The summed E-state index contributed by atoms with van der Waals surface area (Å²) in [6.45, 7) is 8.50. The molecule has 0 unspecified atom stereocenters. The highest BCUT2D eigenvalue weighted by molar-refractivity contribution is 7.89. The summed E-state index contributed by atoms with van der Waals surface area (Å²) in [6, 6.07) is 17.0. The zero-order valence-electron chi connectivity index (χ0n) is 30.9. The normalized spacial score (nSPS) is 16.2. The van der Waals surface area contributed by atoms with Gasteiger partial charge in [-0.05, 0) is 53.6 Å². The van der Waals surface area contributed by atoms with Crippen LogP contribution in [0.1, 0.15) is 51.1 Å². The third-order valence-electron chi connectivity index (χ3n) is 9.74. The SMILES string of the molecule is CC[C@H](C)[C@@H](C(=O)N[C@@H](Cc1ccccc1)[C@H](O)CN(CC(C)C)S(=O)(=O)c1ccc(C=NO)cc1)N1CCN(Cc2nc3cccnc3n2C)C1=O. The number of aryl methyl sites for hydroxylation is 1. The monoisotopic (exact) mass is 746 g/mol. The quantitative estimate of drug-likeness (QED) is 0.0830. The molecule has 53 heavy (non-hydrogen) atoms. The van der Waals surface area contributed by atoms with Crippen LogP contribution in [-0.2, 0) is 34.8 Å². The number of pyridine rings is 1. The molecule has 3 heterocycles. The molecule has 14 nitrogen and oxygen atoms in total. The van der Waals surface area contributed by atoms with Gasteiger partial charge in [0.15, 0.2) is 5.65 Å². The number of urea groups is 1. The molecule has 3 N–H and O–H groups in total. The van der Waals surface area contributed by atoms with Gasteiger partial charge in [0, 0.05) is 39.4 Å². The van der Waals surface area contributed by atoms with Crippen molar-refractivity contribution in [1.29, 1.82) is 0 Å². The third kappa shape index (κ3) is 9.21. The number of aromatic nitrogens is 3. The van der Waals surface area contributed by atoms with Crippen LogP contribution in [0.3, 0.4) is 0 Å². The molecule has 1 aliphatic heterocycles. The van der Waals surface area contributed by atoms with E-state index in [1.807, 2.05) is 81.8 Å². The Morgan fingerprint density at radius 2 is 1.75 bits per heavy atom. The van der Waals surface area contributed by atoms with E-state index in [1.54, 1.807) is 16.0 Å². The molecule has 2 aromatic carbocycles. The molecule has 0 radical (unpaired) electrons. The van der Waals surface area contributed by atoms with Crippen molar-refractivity contribution in [2.45, 2.75) is 70.2 Å². The van der Waals surface area contributed by atoms with Crippen LogP contribution in [0.25, 0.3) is 11.2 Å². The van der Waals surface area contributed by atoms with Crippen LogP contribution < -0.4 is 5.32 Å². The highest BCUT2D eigenvalue weighted by atomic mass is 32.2. The molecule has 1 aliphatic rings. The summed E-state index contributed by atoms with van der Waals surface area (Å²) in [5.74, 6) is -0.0227. The average molecular weight is 747 g/mol. The standard InChI is InChI=1S/C38H50N8O6S/c1-6-27(4)35(46-20-19-44(38(46)49)25-34-41-31-13-10-18-39-36(31)43(34)5)37(48)42-32(21-28-11-8-7-9-12-28)33(47)24-45(23-26(2)3)53(51,52)30-16-14-29(15-17-30)22-40-50/h7-18,22,26-27,32-33,35,47,50H,6,19-21,23-25H2,1-5H3,(H,42,48)/t27-,32-,33+,35-/m0/s1. The summed E-state index contributed by atoms with van der Waals surface area (Å²) < 4.78 is 31.0. The number of fused-ring (bicyclic) bond motifs is 1. The number of rotatable bonds is 17. The molecule has 284 valence electrons. The summed E-state index contributed by atoms with van der Waals surface area (Å²) in [7, 11) is -2.21. The van der Waals surface area contributed by atoms with E-state index in [4.69, 9.17) is 5.21 Å². The fourth-order valence-corrected chi connectivity index (χ4v) is 8.32. The van der Waals surface area contributed by atoms with Crippen LogP contribution in [-0.4, -0.2) is 110 Å². The number of aliphatic hydroxyl groups is 1. The molecule has 5 rings (SSSR count). The van der Waals surface area contributed by atoms with Crippen molar-refractivity contribution < 1.29 is 28.3 Å². The number of hydrogen-bond acceptors (Lipinski definition) is 9. The zero-order valence-corrected chi connectivity index (χ0v) is 31.7. The summed E-state index contributed by atoms with van der Waals surface area (Å²) in [6.07, 6.45) is 2.44. The molecular weight excluding hydrogens is 697 g/mol. The number of amides is 3. The number of aliphatic hydroxyl groups excluding tert-OH is 1. The molecule has 4 aromatic rings. The van der Waals surface area contributed by atoms with Gasteiger partial charge in [-0.2, -0.15) is 4.31 Å². The van der Waals surface area contributed by atoms with Gasteiger partial charge in [0.2, 0.25) is 15.9 Å². The summed E-state index contributed by atoms with van der Waals surface area (Å²) in [4.78, 5) is 40.7. The van der Waals surface area contributed by atoms with Crippen LogP contribution in [0.4, 0.5) is 4.79 Å². The molecule has 0 saturated carbocycles. The minimum atomic E-state index is -4.07. The van der Waals surface area contributed by atoms with E-state index in [9.17, 15) is 23.1 Å². The van der Waals surface area contributed by atoms with Crippen molar-refractivity contribution in [2.75, 3.05) is 26.2 Å². The Hall–Kier alpha value is -4.86. The number of sulfonamides is 1. The van der Waals surface area contributed by atoms with Crippen molar-refractivity contribution in [2.24, 2.45) is 24.0 Å². The molecular formula is C38H50N8O6S. The smallest absolute Gasteiger partial charge is 0.321 e. The Morgan fingerprint density at radius 1 is 1.04 bits per heavy atom. The lowest BCUT2D eigenvalue weighted by atomic mass is 9.95. The molecule has 2 aromatic heterocycles. The van der Waals surface area contributed by atoms with Gasteiger partial charge < -0.3 is 30.0 Å². The van der Waals surface area contributed by atoms with Crippen LogP contribution in [0.5, 0.6) is 0 Å². The lowest BCUT2D eigenvalue weighted by molar-refractivity contribution is -0.128. The van der Waals surface area contributed by atoms with E-state index < -0.39 is 34.1 Å². The van der Waals surface area contributed by atoms with Gasteiger partial charge in [-0.3, -0.25) is 4.79 Å². The van der Waals surface area contributed by atoms with Crippen LogP contribution in [0.2, 0.25) is 0 Å². The first-order valence-corrected chi connectivity index (χ1v) is 19.4. The first-order chi connectivity index (χ1) is 25.3. The minimum Gasteiger partial charge on any atom is -0.411 e. The summed E-state index contributed by atoms with van der Waals surface area (Å²) in [5, 5.41) is 26.8. The largest absolute Gasteiger partial charge is 0.411 e. The number of carbonyl (C=O) groups excluding carboxylic acids is 2. The number of nitrogens with one attached hydrogen (secondary N) is 1. The number of imidazole rings is 1. The second-order valence-corrected chi connectivity index (χ2v) is 16.0. The lowest BCUT2D eigenvalue weighted by Crippen LogP contribution is -2.57. The number of nitrogens with zero attached hydrogens (tertiary/aromatic N) is 7. The Bertz CT molecular complexity index is 1990. The maximum absolute atomic E-state index is 14.4. The molecule has 15 heteroatoms. The van der Waals surface area contributed by atoms with Crippen molar-refractivity contribution in [3.8, 4) is 0 Å². The van der Waals surface area contributed by atoms with Gasteiger partial charge in [-0.15, -0.1) is 0 Å². The summed E-state index contributed by atoms with van der Waals surface area (Å²) in [5.41, 5.74) is 2.82. The topological polar surface area (TPSA) is 174 Å². The van der Waals surface area contributed by atoms with E-state index in [2.05, 4.69) is 20.4 Å². The van der Waals surface area contributed by atoms with E-state index in [1.165, 1.54) is 34.8 Å². The minimum absolute atomic E-state index is 0.0212. The molecule has 0 bridgehead atoms. The van der Waals surface area contributed by atoms with Crippen molar-refractivity contribution >= 4 is 39.3 Å². The fourth-order valence-electron chi connectivity index (χ4n) is 6.69. The van der Waals surface area contributed by atoms with E-state index in [0.29, 0.717) is 30.9 Å². The predicted molar refractivity (Wildman–Crippen MR) is 202 cm³/mol. The van der Waals surface area contributed by atoms with Gasteiger partial charge in [0.05, 0.1) is 29.8 Å². The Labute approximate surface area is 311 Å². The van der Waals surface area contributed by atoms with Crippen molar-refractivity contribution in [3.63, 3.8) is 0 Å². The van der Waals surface area contributed by atoms with Crippen molar-refractivity contribution in [3.05, 3.63) is 89.9 Å². The molecule has 4 atom stereocenters. The predicted octanol–water partition coefficient (Wildman–Crippen LogP) is 3.86. The number of hydrogen-bond donors (Lipinski definition) is 3. The van der Waals surface area contributed by atoms with Gasteiger partial charge in [0.1, 0.15) is 17.4 Å². The van der Waals surface area contributed by atoms with Gasteiger partial charge >= 0.3 is 6.03 Å². The Balaban J connectivity index is 1.38. The second kappa shape index (κ2) is 17.3. The maximum atomic E-state index is 14.4. The fraction of sp³-hybridized carbons (Fsp3) is 0.447. The van der Waals surface area contributed by atoms with Crippen molar-refractivity contribution in [1.82, 2.24) is 34.0 Å². The van der Waals surface area contributed by atoms with E-state index >= 15 is 0 Å². The van der Waals surface area contributed by atoms with Crippen LogP contribution >= 0.6 is 0 Å². The average Bonchev–Trinajstić information content (AvgIpc) is 3.66. The maximum Gasteiger partial charge on any atom is 0.321 e.